The highest BCUT2D eigenvalue weighted by molar-refractivity contribution is 5.78. The van der Waals surface area contributed by atoms with Crippen molar-refractivity contribution in [1.82, 2.24) is 10.2 Å². The molecule has 25 heavy (non-hydrogen) atoms. The second-order valence-electron chi connectivity index (χ2n) is 6.30. The number of benzene rings is 2. The molecule has 1 amide bonds. The molecule has 1 heterocycles. The van der Waals surface area contributed by atoms with Crippen LogP contribution in [0.3, 0.4) is 0 Å². The quantitative estimate of drug-likeness (QED) is 0.909. The van der Waals surface area contributed by atoms with Gasteiger partial charge in [-0.15, -0.1) is 0 Å². The fourth-order valence-electron chi connectivity index (χ4n) is 2.90. The van der Waals surface area contributed by atoms with Crippen LogP contribution >= 0.6 is 0 Å². The van der Waals surface area contributed by atoms with Gasteiger partial charge in [0.25, 0.3) is 0 Å². The molecule has 0 saturated carbocycles. The van der Waals surface area contributed by atoms with Crippen molar-refractivity contribution in [3.8, 4) is 11.5 Å². The molecule has 0 fully saturated rings. The average molecular weight is 340 g/mol. The smallest absolute Gasteiger partial charge is 0.234 e. The van der Waals surface area contributed by atoms with Crippen LogP contribution in [-0.4, -0.2) is 37.1 Å². The summed E-state index contributed by atoms with van der Waals surface area (Å²) in [6.45, 7) is 4.22. The predicted molar refractivity (Wildman–Crippen MR) is 96.6 cm³/mol. The molecule has 1 aliphatic rings. The summed E-state index contributed by atoms with van der Waals surface area (Å²) >= 11 is 0. The van der Waals surface area contributed by atoms with E-state index in [2.05, 4.69) is 23.2 Å². The van der Waals surface area contributed by atoms with Crippen molar-refractivity contribution in [3.05, 3.63) is 59.7 Å². The number of rotatable bonds is 5. The summed E-state index contributed by atoms with van der Waals surface area (Å²) in [6, 6.07) is 15.9. The van der Waals surface area contributed by atoms with Gasteiger partial charge in [0, 0.05) is 24.7 Å². The number of hydrogen-bond acceptors (Lipinski definition) is 4. The molecule has 5 heteroatoms. The molecule has 0 radical (unpaired) electrons. The molecule has 2 aromatic rings. The standard InChI is InChI=1S/C20H24N2O3/c1-15-14-25-19-9-4-3-7-17(19)12-22(15)13-20(23)21-11-16-6-5-8-18(10-16)24-2/h3-10,15H,11-14H2,1-2H3,(H,21,23)/t15-/m0/s1. The summed E-state index contributed by atoms with van der Waals surface area (Å²) in [5.74, 6) is 1.71. The maximum atomic E-state index is 12.4. The lowest BCUT2D eigenvalue weighted by Gasteiger charge is -2.25. The van der Waals surface area contributed by atoms with Gasteiger partial charge in [0.1, 0.15) is 18.1 Å². The van der Waals surface area contributed by atoms with Crippen LogP contribution in [0.15, 0.2) is 48.5 Å². The highest BCUT2D eigenvalue weighted by Crippen LogP contribution is 2.24. The van der Waals surface area contributed by atoms with E-state index in [-0.39, 0.29) is 11.9 Å². The van der Waals surface area contributed by atoms with Crippen molar-refractivity contribution in [3.63, 3.8) is 0 Å². The van der Waals surface area contributed by atoms with E-state index in [0.717, 1.165) is 22.6 Å². The van der Waals surface area contributed by atoms with Gasteiger partial charge in [0.15, 0.2) is 0 Å². The summed E-state index contributed by atoms with van der Waals surface area (Å²) in [5.41, 5.74) is 2.14. The molecular weight excluding hydrogens is 316 g/mol. The SMILES string of the molecule is COc1cccc(CNC(=O)CN2Cc3ccccc3OC[C@@H]2C)c1. The van der Waals surface area contributed by atoms with Gasteiger partial charge in [0.05, 0.1) is 13.7 Å². The minimum absolute atomic E-state index is 0.00838. The lowest BCUT2D eigenvalue weighted by molar-refractivity contribution is -0.123. The number of nitrogens with zero attached hydrogens (tertiary/aromatic N) is 1. The van der Waals surface area contributed by atoms with Crippen LogP contribution in [0.25, 0.3) is 0 Å². The Kier molecular flexibility index (Phi) is 5.56. The Morgan fingerprint density at radius 1 is 1.28 bits per heavy atom. The van der Waals surface area contributed by atoms with Gasteiger partial charge < -0.3 is 14.8 Å². The summed E-state index contributed by atoms with van der Waals surface area (Å²) in [4.78, 5) is 14.5. The molecule has 5 nitrogen and oxygen atoms in total. The second kappa shape index (κ2) is 8.03. The number of fused-ring (bicyclic) bond motifs is 1. The molecule has 1 aliphatic heterocycles. The minimum Gasteiger partial charge on any atom is -0.497 e. The van der Waals surface area contributed by atoms with Crippen LogP contribution in [0.2, 0.25) is 0 Å². The maximum Gasteiger partial charge on any atom is 0.234 e. The number of hydrogen-bond donors (Lipinski definition) is 1. The van der Waals surface area contributed by atoms with Crippen LogP contribution in [-0.2, 0) is 17.9 Å². The number of para-hydroxylation sites is 1. The van der Waals surface area contributed by atoms with E-state index in [4.69, 9.17) is 9.47 Å². The fraction of sp³-hybridized carbons (Fsp3) is 0.350. The lowest BCUT2D eigenvalue weighted by Crippen LogP contribution is -2.42. The van der Waals surface area contributed by atoms with Crippen molar-refractivity contribution in [1.29, 1.82) is 0 Å². The van der Waals surface area contributed by atoms with Gasteiger partial charge in [-0.2, -0.15) is 0 Å². The van der Waals surface area contributed by atoms with Crippen LogP contribution < -0.4 is 14.8 Å². The molecule has 0 aliphatic carbocycles. The Morgan fingerprint density at radius 2 is 2.12 bits per heavy atom. The maximum absolute atomic E-state index is 12.4. The molecule has 0 spiro atoms. The van der Waals surface area contributed by atoms with E-state index in [0.29, 0.717) is 26.2 Å². The van der Waals surface area contributed by atoms with Crippen LogP contribution in [0.5, 0.6) is 11.5 Å². The van der Waals surface area contributed by atoms with E-state index in [1.807, 2.05) is 42.5 Å². The molecule has 132 valence electrons. The molecular formula is C20H24N2O3. The summed E-state index contributed by atoms with van der Waals surface area (Å²) in [7, 11) is 1.64. The first-order chi connectivity index (χ1) is 12.2. The third-order valence-corrected chi connectivity index (χ3v) is 4.42. The first kappa shape index (κ1) is 17.3. The lowest BCUT2D eigenvalue weighted by atomic mass is 10.2. The summed E-state index contributed by atoms with van der Waals surface area (Å²) in [5, 5.41) is 2.99. The first-order valence-corrected chi connectivity index (χ1v) is 8.50. The van der Waals surface area contributed by atoms with E-state index in [1.165, 1.54) is 0 Å². The number of amides is 1. The molecule has 1 N–H and O–H groups in total. The van der Waals surface area contributed by atoms with Gasteiger partial charge in [-0.1, -0.05) is 30.3 Å². The first-order valence-electron chi connectivity index (χ1n) is 8.50. The Morgan fingerprint density at radius 3 is 2.96 bits per heavy atom. The Labute approximate surface area is 148 Å². The van der Waals surface area contributed by atoms with E-state index < -0.39 is 0 Å². The molecule has 0 unspecified atom stereocenters. The number of carbonyl (C=O) groups is 1. The molecule has 0 bridgehead atoms. The monoisotopic (exact) mass is 340 g/mol. The molecule has 0 aromatic heterocycles. The van der Waals surface area contributed by atoms with Crippen molar-refractivity contribution in [2.24, 2.45) is 0 Å². The minimum atomic E-state index is 0.00838. The Bertz CT molecular complexity index is 732. The van der Waals surface area contributed by atoms with Crippen LogP contribution in [0, 0.1) is 0 Å². The third-order valence-electron chi connectivity index (χ3n) is 4.42. The van der Waals surface area contributed by atoms with Gasteiger partial charge in [-0.05, 0) is 30.7 Å². The van der Waals surface area contributed by atoms with Gasteiger partial charge in [0.2, 0.25) is 5.91 Å². The van der Waals surface area contributed by atoms with Crippen molar-refractivity contribution >= 4 is 5.91 Å². The summed E-state index contributed by atoms with van der Waals surface area (Å²) in [6.07, 6.45) is 0. The highest BCUT2D eigenvalue weighted by Gasteiger charge is 2.23. The highest BCUT2D eigenvalue weighted by atomic mass is 16.5. The van der Waals surface area contributed by atoms with Crippen LogP contribution in [0.4, 0.5) is 0 Å². The Balaban J connectivity index is 1.58. The predicted octanol–water partition coefficient (Wildman–Crippen LogP) is 2.59. The number of methoxy groups -OCH3 is 1. The zero-order chi connectivity index (χ0) is 17.6. The van der Waals surface area contributed by atoms with E-state index in [9.17, 15) is 4.79 Å². The second-order valence-corrected chi connectivity index (χ2v) is 6.30. The topological polar surface area (TPSA) is 50.8 Å². The van der Waals surface area contributed by atoms with Crippen molar-refractivity contribution in [2.45, 2.75) is 26.1 Å². The zero-order valence-electron chi connectivity index (χ0n) is 14.7. The molecule has 0 saturated heterocycles. The fourth-order valence-corrected chi connectivity index (χ4v) is 2.90. The van der Waals surface area contributed by atoms with Gasteiger partial charge in [-0.3, -0.25) is 9.69 Å². The van der Waals surface area contributed by atoms with Gasteiger partial charge in [-0.25, -0.2) is 0 Å². The summed E-state index contributed by atoms with van der Waals surface area (Å²) < 4.78 is 11.0. The third kappa shape index (κ3) is 4.51. The van der Waals surface area contributed by atoms with Crippen LogP contribution in [0.1, 0.15) is 18.1 Å². The van der Waals surface area contributed by atoms with Crippen molar-refractivity contribution < 1.29 is 14.3 Å². The largest absolute Gasteiger partial charge is 0.497 e. The Hall–Kier alpha value is -2.53. The van der Waals surface area contributed by atoms with E-state index in [1.54, 1.807) is 7.11 Å². The number of ether oxygens (including phenoxy) is 2. The normalized spacial score (nSPS) is 17.1. The number of nitrogens with one attached hydrogen (secondary N) is 1. The molecule has 1 atom stereocenters. The van der Waals surface area contributed by atoms with Gasteiger partial charge >= 0.3 is 0 Å². The average Bonchev–Trinajstić information content (AvgIpc) is 2.79. The van der Waals surface area contributed by atoms with Crippen molar-refractivity contribution in [2.75, 3.05) is 20.3 Å². The number of carbonyl (C=O) groups excluding carboxylic acids is 1. The zero-order valence-corrected chi connectivity index (χ0v) is 14.7. The van der Waals surface area contributed by atoms with E-state index >= 15 is 0 Å². The molecule has 3 rings (SSSR count). The molecule has 2 aromatic carbocycles.